The highest BCUT2D eigenvalue weighted by molar-refractivity contribution is 5.93. The Morgan fingerprint density at radius 3 is 2.35 bits per heavy atom. The molecule has 0 radical (unpaired) electrons. The maximum absolute atomic E-state index is 12.3. The van der Waals surface area contributed by atoms with Crippen LogP contribution in [0.4, 0.5) is 0 Å². The van der Waals surface area contributed by atoms with Crippen LogP contribution < -0.4 is 5.73 Å². The number of hydrogen-bond acceptors (Lipinski definition) is 4. The van der Waals surface area contributed by atoms with Gasteiger partial charge < -0.3 is 10.5 Å². The molecule has 5 nitrogen and oxygen atoms in total. The fraction of sp³-hybridized carbons (Fsp3) is 0.0556. The smallest absolute Gasteiger partial charge is 0.358 e. The number of para-hydroxylation sites is 1. The number of ether oxygens (including phenoxy) is 1. The Balaban J connectivity index is 1.87. The fourth-order valence-corrected chi connectivity index (χ4v) is 2.27. The minimum atomic E-state index is -1.14. The van der Waals surface area contributed by atoms with E-state index in [1.54, 1.807) is 48.5 Å². The second kappa shape index (κ2) is 6.27. The lowest BCUT2D eigenvalue weighted by molar-refractivity contribution is -0.127. The van der Waals surface area contributed by atoms with Gasteiger partial charge in [-0.2, -0.15) is 0 Å². The summed E-state index contributed by atoms with van der Waals surface area (Å²) in [6.07, 6.45) is -1.14. The molecule has 1 heterocycles. The molecule has 3 rings (SSSR count). The summed E-state index contributed by atoms with van der Waals surface area (Å²) in [6.45, 7) is 0. The molecule has 1 aromatic heterocycles. The molecular formula is C18H14N2O3. The molecule has 0 fully saturated rings. The highest BCUT2D eigenvalue weighted by atomic mass is 16.5. The topological polar surface area (TPSA) is 82.3 Å². The average Bonchev–Trinajstić information content (AvgIpc) is 2.59. The number of amides is 1. The number of fused-ring (bicyclic) bond motifs is 1. The Morgan fingerprint density at radius 2 is 1.61 bits per heavy atom. The van der Waals surface area contributed by atoms with E-state index in [4.69, 9.17) is 10.5 Å². The van der Waals surface area contributed by atoms with E-state index in [1.807, 2.05) is 18.2 Å². The lowest BCUT2D eigenvalue weighted by Gasteiger charge is -2.14. The van der Waals surface area contributed by atoms with E-state index in [0.717, 1.165) is 5.39 Å². The Kier molecular flexibility index (Phi) is 4.01. The number of aromatic nitrogens is 1. The first kappa shape index (κ1) is 14.7. The van der Waals surface area contributed by atoms with Gasteiger partial charge in [0.25, 0.3) is 5.91 Å². The molecule has 0 aliphatic rings. The third-order valence-corrected chi connectivity index (χ3v) is 3.39. The molecule has 23 heavy (non-hydrogen) atoms. The summed E-state index contributed by atoms with van der Waals surface area (Å²) >= 11 is 0. The standard InChI is InChI=1S/C18H14N2O3/c19-17(21)16(13-7-2-1-3-8-13)23-18(22)15-11-10-12-6-4-5-9-14(12)20-15/h1-11,16H,(H2,19,21). The van der Waals surface area contributed by atoms with Crippen molar-refractivity contribution >= 4 is 22.8 Å². The predicted molar refractivity (Wildman–Crippen MR) is 85.5 cm³/mol. The van der Waals surface area contributed by atoms with Gasteiger partial charge in [-0.25, -0.2) is 9.78 Å². The van der Waals surface area contributed by atoms with E-state index < -0.39 is 18.0 Å². The molecule has 1 amide bonds. The second-order valence-electron chi connectivity index (χ2n) is 4.99. The van der Waals surface area contributed by atoms with Crippen molar-refractivity contribution in [3.63, 3.8) is 0 Å². The Morgan fingerprint density at radius 1 is 0.913 bits per heavy atom. The Bertz CT molecular complexity index is 862. The summed E-state index contributed by atoms with van der Waals surface area (Å²) in [7, 11) is 0. The lowest BCUT2D eigenvalue weighted by atomic mass is 10.1. The highest BCUT2D eigenvalue weighted by Crippen LogP contribution is 2.19. The average molecular weight is 306 g/mol. The van der Waals surface area contributed by atoms with Gasteiger partial charge in [-0.3, -0.25) is 4.79 Å². The van der Waals surface area contributed by atoms with E-state index >= 15 is 0 Å². The van der Waals surface area contributed by atoms with Crippen molar-refractivity contribution in [1.82, 2.24) is 4.98 Å². The van der Waals surface area contributed by atoms with Crippen molar-refractivity contribution in [1.29, 1.82) is 0 Å². The predicted octanol–water partition coefficient (Wildman–Crippen LogP) is 2.62. The number of hydrogen-bond donors (Lipinski definition) is 1. The van der Waals surface area contributed by atoms with Gasteiger partial charge in [-0.15, -0.1) is 0 Å². The molecule has 1 unspecified atom stereocenters. The van der Waals surface area contributed by atoms with Gasteiger partial charge in [-0.1, -0.05) is 54.6 Å². The number of esters is 1. The molecule has 2 aromatic carbocycles. The van der Waals surface area contributed by atoms with Crippen molar-refractivity contribution in [2.45, 2.75) is 6.10 Å². The molecule has 5 heteroatoms. The van der Waals surface area contributed by atoms with E-state index in [-0.39, 0.29) is 5.69 Å². The van der Waals surface area contributed by atoms with Crippen molar-refractivity contribution in [2.24, 2.45) is 5.73 Å². The molecule has 0 saturated carbocycles. The van der Waals surface area contributed by atoms with Gasteiger partial charge in [0.1, 0.15) is 5.69 Å². The van der Waals surface area contributed by atoms with Crippen LogP contribution in [0.2, 0.25) is 0 Å². The first-order valence-corrected chi connectivity index (χ1v) is 7.06. The third kappa shape index (κ3) is 3.18. The number of pyridine rings is 1. The molecule has 3 aromatic rings. The van der Waals surface area contributed by atoms with Gasteiger partial charge in [0.2, 0.25) is 6.10 Å². The molecule has 2 N–H and O–H groups in total. The maximum Gasteiger partial charge on any atom is 0.358 e. The first-order chi connectivity index (χ1) is 11.1. The second-order valence-corrected chi connectivity index (χ2v) is 4.99. The normalized spacial score (nSPS) is 11.8. The number of rotatable bonds is 4. The largest absolute Gasteiger partial charge is 0.443 e. The summed E-state index contributed by atoms with van der Waals surface area (Å²) in [5, 5.41) is 0.915. The van der Waals surface area contributed by atoms with Crippen LogP contribution in [0, 0.1) is 0 Å². The van der Waals surface area contributed by atoms with Crippen LogP contribution in [0.5, 0.6) is 0 Å². The van der Waals surface area contributed by atoms with Crippen molar-refractivity contribution in [2.75, 3.05) is 0 Å². The van der Waals surface area contributed by atoms with Crippen molar-refractivity contribution < 1.29 is 14.3 Å². The summed E-state index contributed by atoms with van der Waals surface area (Å²) < 4.78 is 5.26. The molecule has 0 spiro atoms. The van der Waals surface area contributed by atoms with Gasteiger partial charge in [0, 0.05) is 10.9 Å². The zero-order valence-electron chi connectivity index (χ0n) is 12.2. The van der Waals surface area contributed by atoms with Crippen LogP contribution in [-0.4, -0.2) is 16.9 Å². The minimum Gasteiger partial charge on any atom is -0.443 e. The number of nitrogens with zero attached hydrogens (tertiary/aromatic N) is 1. The molecule has 0 saturated heterocycles. The van der Waals surface area contributed by atoms with E-state index in [2.05, 4.69) is 4.98 Å². The molecule has 1 atom stereocenters. The zero-order valence-corrected chi connectivity index (χ0v) is 12.2. The monoisotopic (exact) mass is 306 g/mol. The van der Waals surface area contributed by atoms with Crippen molar-refractivity contribution in [3.05, 3.63) is 78.0 Å². The lowest BCUT2D eigenvalue weighted by Crippen LogP contribution is -2.26. The van der Waals surface area contributed by atoms with E-state index in [1.165, 1.54) is 0 Å². The number of carbonyl (C=O) groups excluding carboxylic acids is 2. The van der Waals surface area contributed by atoms with Crippen LogP contribution in [-0.2, 0) is 9.53 Å². The highest BCUT2D eigenvalue weighted by Gasteiger charge is 2.23. The van der Waals surface area contributed by atoms with E-state index in [9.17, 15) is 9.59 Å². The van der Waals surface area contributed by atoms with Crippen LogP contribution in [0.25, 0.3) is 10.9 Å². The number of nitrogens with two attached hydrogens (primary N) is 1. The summed E-state index contributed by atoms with van der Waals surface area (Å²) in [6, 6.07) is 19.4. The Hall–Kier alpha value is -3.21. The fourth-order valence-electron chi connectivity index (χ4n) is 2.27. The van der Waals surface area contributed by atoms with Gasteiger partial charge >= 0.3 is 5.97 Å². The van der Waals surface area contributed by atoms with Gasteiger partial charge in [-0.05, 0) is 12.1 Å². The number of carbonyl (C=O) groups is 2. The zero-order chi connectivity index (χ0) is 16.2. The summed E-state index contributed by atoms with van der Waals surface area (Å²) in [4.78, 5) is 28.1. The molecule has 0 aliphatic carbocycles. The summed E-state index contributed by atoms with van der Waals surface area (Å²) in [5.74, 6) is -1.42. The van der Waals surface area contributed by atoms with E-state index in [0.29, 0.717) is 11.1 Å². The Labute approximate surface area is 132 Å². The van der Waals surface area contributed by atoms with Crippen LogP contribution in [0.1, 0.15) is 22.2 Å². The number of benzene rings is 2. The summed E-state index contributed by atoms with van der Waals surface area (Å²) in [5.41, 5.74) is 6.68. The molecule has 114 valence electrons. The quantitative estimate of drug-likeness (QED) is 0.751. The minimum absolute atomic E-state index is 0.130. The molecular weight excluding hydrogens is 292 g/mol. The molecule has 0 bridgehead atoms. The van der Waals surface area contributed by atoms with Gasteiger partial charge in [0.05, 0.1) is 5.52 Å². The first-order valence-electron chi connectivity index (χ1n) is 7.06. The third-order valence-electron chi connectivity index (χ3n) is 3.39. The van der Waals surface area contributed by atoms with Crippen molar-refractivity contribution in [3.8, 4) is 0 Å². The van der Waals surface area contributed by atoms with Crippen LogP contribution >= 0.6 is 0 Å². The maximum atomic E-state index is 12.3. The van der Waals surface area contributed by atoms with Crippen LogP contribution in [0.3, 0.4) is 0 Å². The molecule has 0 aliphatic heterocycles. The number of primary amides is 1. The van der Waals surface area contributed by atoms with Crippen LogP contribution in [0.15, 0.2) is 66.7 Å². The van der Waals surface area contributed by atoms with Gasteiger partial charge in [0.15, 0.2) is 0 Å². The SMILES string of the molecule is NC(=O)C(OC(=O)c1ccc2ccccc2n1)c1ccccc1.